The minimum Gasteiger partial charge on any atom is -0.355 e. The average Bonchev–Trinajstić information content (AvgIpc) is 2.35. The molecule has 1 atom stereocenters. The van der Waals surface area contributed by atoms with Crippen LogP contribution in [0, 0.1) is 23.2 Å². The van der Waals surface area contributed by atoms with E-state index < -0.39 is 5.92 Å². The first-order valence-electron chi connectivity index (χ1n) is 6.07. The maximum atomic E-state index is 11.4. The van der Waals surface area contributed by atoms with E-state index in [9.17, 15) is 4.79 Å². The van der Waals surface area contributed by atoms with E-state index in [0.717, 1.165) is 39.0 Å². The van der Waals surface area contributed by atoms with Crippen molar-refractivity contribution < 1.29 is 4.79 Å². The second-order valence-corrected chi connectivity index (χ2v) is 4.47. The quantitative estimate of drug-likeness (QED) is 0.773. The first-order chi connectivity index (χ1) is 7.67. The van der Waals surface area contributed by atoms with Crippen LogP contribution in [0.4, 0.5) is 0 Å². The van der Waals surface area contributed by atoms with Crippen LogP contribution in [0.15, 0.2) is 0 Å². The van der Waals surface area contributed by atoms with Crippen LogP contribution in [-0.4, -0.2) is 37.0 Å². The molecular weight excluding hydrogens is 202 g/mol. The van der Waals surface area contributed by atoms with Gasteiger partial charge in [-0.15, -0.1) is 0 Å². The number of hydrogen-bond donors (Lipinski definition) is 1. The minimum atomic E-state index is -0.532. The summed E-state index contributed by atoms with van der Waals surface area (Å²) < 4.78 is 0. The Labute approximate surface area is 97.6 Å². The lowest BCUT2D eigenvalue weighted by Gasteiger charge is -2.31. The fourth-order valence-electron chi connectivity index (χ4n) is 1.96. The van der Waals surface area contributed by atoms with Crippen LogP contribution >= 0.6 is 0 Å². The fourth-order valence-corrected chi connectivity index (χ4v) is 1.96. The monoisotopic (exact) mass is 223 g/mol. The molecule has 0 aromatic heterocycles. The normalized spacial score (nSPS) is 20.1. The largest absolute Gasteiger partial charge is 0.355 e. The first kappa shape index (κ1) is 13.0. The van der Waals surface area contributed by atoms with Gasteiger partial charge in [0.05, 0.1) is 6.07 Å². The van der Waals surface area contributed by atoms with Crippen LogP contribution in [0.3, 0.4) is 0 Å². The predicted octanol–water partition coefficient (Wildman–Crippen LogP) is 0.994. The summed E-state index contributed by atoms with van der Waals surface area (Å²) in [5.74, 6) is -0.0891. The molecule has 1 saturated heterocycles. The molecule has 1 rings (SSSR count). The highest BCUT2D eigenvalue weighted by Crippen LogP contribution is 2.15. The van der Waals surface area contributed by atoms with Crippen LogP contribution in [0.1, 0.15) is 26.7 Å². The summed E-state index contributed by atoms with van der Waals surface area (Å²) >= 11 is 0. The molecule has 1 heterocycles. The highest BCUT2D eigenvalue weighted by atomic mass is 16.1. The number of hydrogen-bond acceptors (Lipinski definition) is 3. The Morgan fingerprint density at radius 1 is 1.56 bits per heavy atom. The zero-order valence-electron chi connectivity index (χ0n) is 10.2. The number of amides is 1. The Morgan fingerprint density at radius 3 is 2.69 bits per heavy atom. The lowest BCUT2D eigenvalue weighted by molar-refractivity contribution is -0.123. The van der Waals surface area contributed by atoms with Crippen molar-refractivity contribution in [2.24, 2.45) is 11.8 Å². The van der Waals surface area contributed by atoms with Crippen LogP contribution in [0.25, 0.3) is 0 Å². The minimum absolute atomic E-state index is 0.138. The molecule has 0 aliphatic carbocycles. The van der Waals surface area contributed by atoms with Gasteiger partial charge in [0.25, 0.3) is 0 Å². The van der Waals surface area contributed by atoms with Gasteiger partial charge in [-0.25, -0.2) is 0 Å². The van der Waals surface area contributed by atoms with Crippen LogP contribution in [-0.2, 0) is 4.79 Å². The standard InChI is InChI=1S/C12H21N3O/c1-3-15-6-4-11(5-7-15)9-14-12(16)10(2)8-13/h10-11H,3-7,9H2,1-2H3,(H,14,16). The zero-order chi connectivity index (χ0) is 12.0. The molecule has 90 valence electrons. The SMILES string of the molecule is CCN1CCC(CNC(=O)C(C)C#N)CC1. The highest BCUT2D eigenvalue weighted by Gasteiger charge is 2.19. The van der Waals surface area contributed by atoms with E-state index in [1.807, 2.05) is 6.07 Å². The van der Waals surface area contributed by atoms with Crippen molar-refractivity contribution >= 4 is 5.91 Å². The molecule has 0 radical (unpaired) electrons. The zero-order valence-corrected chi connectivity index (χ0v) is 10.2. The van der Waals surface area contributed by atoms with Crippen molar-refractivity contribution in [2.45, 2.75) is 26.7 Å². The van der Waals surface area contributed by atoms with Gasteiger partial charge in [-0.05, 0) is 45.3 Å². The highest BCUT2D eigenvalue weighted by molar-refractivity contribution is 5.80. The molecule has 16 heavy (non-hydrogen) atoms. The second-order valence-electron chi connectivity index (χ2n) is 4.47. The topological polar surface area (TPSA) is 56.1 Å². The maximum Gasteiger partial charge on any atom is 0.237 e. The van der Waals surface area contributed by atoms with Gasteiger partial charge in [0.15, 0.2) is 0 Å². The average molecular weight is 223 g/mol. The Balaban J connectivity index is 2.20. The van der Waals surface area contributed by atoms with Gasteiger partial charge in [-0.1, -0.05) is 6.92 Å². The van der Waals surface area contributed by atoms with E-state index in [2.05, 4.69) is 17.1 Å². The van der Waals surface area contributed by atoms with E-state index in [4.69, 9.17) is 5.26 Å². The van der Waals surface area contributed by atoms with Gasteiger partial charge in [-0.2, -0.15) is 5.26 Å². The summed E-state index contributed by atoms with van der Waals surface area (Å²) in [7, 11) is 0. The van der Waals surface area contributed by atoms with Gasteiger partial charge in [0.1, 0.15) is 5.92 Å². The van der Waals surface area contributed by atoms with Crippen molar-refractivity contribution in [1.29, 1.82) is 5.26 Å². The van der Waals surface area contributed by atoms with Crippen LogP contribution in [0.2, 0.25) is 0 Å². The Hall–Kier alpha value is -1.08. The molecule has 1 fully saturated rings. The van der Waals surface area contributed by atoms with Gasteiger partial charge >= 0.3 is 0 Å². The lowest BCUT2D eigenvalue weighted by Crippen LogP contribution is -2.39. The molecule has 0 saturated carbocycles. The summed E-state index contributed by atoms with van der Waals surface area (Å²) in [6, 6.07) is 1.95. The molecular formula is C12H21N3O. The number of nitrogens with one attached hydrogen (secondary N) is 1. The molecule has 1 N–H and O–H groups in total. The molecule has 4 heteroatoms. The van der Waals surface area contributed by atoms with Crippen LogP contribution < -0.4 is 5.32 Å². The predicted molar refractivity (Wildman–Crippen MR) is 62.6 cm³/mol. The van der Waals surface area contributed by atoms with E-state index in [1.54, 1.807) is 6.92 Å². The second kappa shape index (κ2) is 6.49. The summed E-state index contributed by atoms with van der Waals surface area (Å²) in [5, 5.41) is 11.4. The molecule has 4 nitrogen and oxygen atoms in total. The summed E-state index contributed by atoms with van der Waals surface area (Å²) in [5.41, 5.74) is 0. The van der Waals surface area contributed by atoms with Crippen molar-refractivity contribution in [2.75, 3.05) is 26.2 Å². The van der Waals surface area contributed by atoms with Gasteiger partial charge in [0, 0.05) is 6.54 Å². The molecule has 0 spiro atoms. The van der Waals surface area contributed by atoms with E-state index in [-0.39, 0.29) is 5.91 Å². The molecule has 1 unspecified atom stereocenters. The summed E-state index contributed by atoms with van der Waals surface area (Å²) in [6.45, 7) is 7.91. The van der Waals surface area contributed by atoms with E-state index >= 15 is 0 Å². The molecule has 0 bridgehead atoms. The fraction of sp³-hybridized carbons (Fsp3) is 0.833. The smallest absolute Gasteiger partial charge is 0.237 e. The van der Waals surface area contributed by atoms with Gasteiger partial charge < -0.3 is 10.2 Å². The van der Waals surface area contributed by atoms with E-state index in [1.165, 1.54) is 0 Å². The molecule has 1 aliphatic rings. The number of nitriles is 1. The van der Waals surface area contributed by atoms with Crippen molar-refractivity contribution in [3.63, 3.8) is 0 Å². The summed E-state index contributed by atoms with van der Waals surface area (Å²) in [6.07, 6.45) is 2.30. The third-order valence-corrected chi connectivity index (χ3v) is 3.31. The number of carbonyl (C=O) groups excluding carboxylic acids is 1. The molecule has 0 aromatic rings. The number of rotatable bonds is 4. The van der Waals surface area contributed by atoms with Crippen molar-refractivity contribution in [1.82, 2.24) is 10.2 Å². The van der Waals surface area contributed by atoms with Crippen LogP contribution in [0.5, 0.6) is 0 Å². The molecule has 1 amide bonds. The third kappa shape index (κ3) is 3.82. The molecule has 1 aliphatic heterocycles. The number of piperidine rings is 1. The third-order valence-electron chi connectivity index (χ3n) is 3.31. The number of carbonyl (C=O) groups is 1. The Kier molecular flexibility index (Phi) is 5.27. The van der Waals surface area contributed by atoms with Gasteiger partial charge in [0.2, 0.25) is 5.91 Å². The number of likely N-dealkylation sites (tertiary alicyclic amines) is 1. The van der Waals surface area contributed by atoms with Crippen molar-refractivity contribution in [3.8, 4) is 6.07 Å². The van der Waals surface area contributed by atoms with Crippen molar-refractivity contribution in [3.05, 3.63) is 0 Å². The van der Waals surface area contributed by atoms with E-state index in [0.29, 0.717) is 5.92 Å². The number of nitrogens with zero attached hydrogens (tertiary/aromatic N) is 2. The Morgan fingerprint density at radius 2 is 2.19 bits per heavy atom. The maximum absolute atomic E-state index is 11.4. The Bertz CT molecular complexity index is 264. The van der Waals surface area contributed by atoms with Gasteiger partial charge in [-0.3, -0.25) is 4.79 Å². The first-order valence-corrected chi connectivity index (χ1v) is 6.07. The molecule has 0 aromatic carbocycles. The lowest BCUT2D eigenvalue weighted by atomic mass is 9.96. The summed E-state index contributed by atoms with van der Waals surface area (Å²) in [4.78, 5) is 13.8.